The van der Waals surface area contributed by atoms with Gasteiger partial charge in [-0.2, -0.15) is 8.42 Å². The normalized spacial score (nSPS) is 11.7. The average molecular weight is 266 g/mol. The molecule has 3 nitrogen and oxygen atoms in total. The number of rotatable bonds is 3. The second-order valence-electron chi connectivity index (χ2n) is 4.62. The van der Waals surface area contributed by atoms with E-state index in [0.29, 0.717) is 0 Å². The van der Waals surface area contributed by atoms with Crippen molar-refractivity contribution >= 4 is 39.7 Å². The van der Waals surface area contributed by atoms with E-state index < -0.39 is 10.1 Å². The van der Waals surface area contributed by atoms with Gasteiger partial charge in [0.2, 0.25) is 0 Å². The van der Waals surface area contributed by atoms with Crippen molar-refractivity contribution in [1.29, 1.82) is 0 Å². The zero-order chi connectivity index (χ0) is 12.5. The van der Waals surface area contributed by atoms with E-state index in [2.05, 4.69) is 0 Å². The maximum absolute atomic E-state index is 11.1. The summed E-state index contributed by atoms with van der Waals surface area (Å²) >= 11 is 0. The van der Waals surface area contributed by atoms with Crippen molar-refractivity contribution in [1.82, 2.24) is 0 Å². The quantitative estimate of drug-likeness (QED) is 0.675. The Morgan fingerprint density at radius 1 is 0.941 bits per heavy atom. The van der Waals surface area contributed by atoms with E-state index in [0.717, 1.165) is 11.1 Å². The summed E-state index contributed by atoms with van der Waals surface area (Å²) in [6.45, 7) is 7.97. The molecule has 17 heavy (non-hydrogen) atoms. The van der Waals surface area contributed by atoms with E-state index in [9.17, 15) is 8.42 Å². The third kappa shape index (κ3) is 4.72. The third-order valence-corrected chi connectivity index (χ3v) is 3.41. The summed E-state index contributed by atoms with van der Waals surface area (Å²) in [6.07, 6.45) is 0. The van der Waals surface area contributed by atoms with Crippen LogP contribution in [0.1, 0.15) is 50.7 Å². The minimum atomic E-state index is -4.11. The molecule has 0 spiro atoms. The molecule has 1 aromatic carbocycles. The summed E-state index contributed by atoms with van der Waals surface area (Å²) in [5, 5.41) is 0. The molecule has 1 aromatic rings. The van der Waals surface area contributed by atoms with E-state index in [1.54, 1.807) is 0 Å². The molecule has 1 rings (SSSR count). The minimum absolute atomic E-state index is 0. The molecule has 1 N–H and O–H groups in total. The van der Waals surface area contributed by atoms with Crippen LogP contribution in [0.3, 0.4) is 0 Å². The fourth-order valence-electron chi connectivity index (χ4n) is 1.46. The van der Waals surface area contributed by atoms with Crippen LogP contribution >= 0.6 is 0 Å². The maximum atomic E-state index is 11.1. The zero-order valence-corrected chi connectivity index (χ0v) is 10.9. The van der Waals surface area contributed by atoms with Crippen LogP contribution in [0.4, 0.5) is 0 Å². The molecule has 0 fully saturated rings. The molecule has 0 saturated heterocycles. The fourth-order valence-corrected chi connectivity index (χ4v) is 2.03. The van der Waals surface area contributed by atoms with E-state index >= 15 is 0 Å². The SMILES string of the molecule is CC(C)c1cc(C(C)C)cc(S(=O)(=O)O)c1.[NaH]. The standard InChI is InChI=1S/C12H18O3S.Na.H/c1-8(2)10-5-11(9(3)4)7-12(6-10)16(13,14)15;;/h5-9H,1-4H3,(H,13,14,15);;. The van der Waals surface area contributed by atoms with Crippen molar-refractivity contribution < 1.29 is 13.0 Å². The van der Waals surface area contributed by atoms with E-state index in [1.807, 2.05) is 33.8 Å². The van der Waals surface area contributed by atoms with Gasteiger partial charge < -0.3 is 0 Å². The first kappa shape index (κ1) is 17.1. The molecule has 0 bridgehead atoms. The Morgan fingerprint density at radius 3 is 1.53 bits per heavy atom. The van der Waals surface area contributed by atoms with Crippen LogP contribution < -0.4 is 0 Å². The van der Waals surface area contributed by atoms with Crippen molar-refractivity contribution in [2.45, 2.75) is 44.4 Å². The molecule has 0 aliphatic heterocycles. The Bertz CT molecular complexity index is 452. The van der Waals surface area contributed by atoms with E-state index in [1.165, 1.54) is 12.1 Å². The average Bonchev–Trinajstić information content (AvgIpc) is 2.15. The third-order valence-electron chi connectivity index (χ3n) is 2.58. The summed E-state index contributed by atoms with van der Waals surface area (Å²) in [5.74, 6) is 0.471. The van der Waals surface area contributed by atoms with Crippen LogP contribution in [0.5, 0.6) is 0 Å². The van der Waals surface area contributed by atoms with Crippen LogP contribution in [0.15, 0.2) is 23.1 Å². The fraction of sp³-hybridized carbons (Fsp3) is 0.500. The van der Waals surface area contributed by atoms with Crippen LogP contribution in [0, 0.1) is 0 Å². The van der Waals surface area contributed by atoms with Crippen LogP contribution in [0.25, 0.3) is 0 Å². The zero-order valence-electron chi connectivity index (χ0n) is 10.1. The molecule has 0 radical (unpaired) electrons. The van der Waals surface area contributed by atoms with Crippen molar-refractivity contribution in [2.75, 3.05) is 0 Å². The molecular formula is C12H19NaO3S. The van der Waals surface area contributed by atoms with Gasteiger partial charge in [0, 0.05) is 0 Å². The summed E-state index contributed by atoms with van der Waals surface area (Å²) in [4.78, 5) is -0.0117. The van der Waals surface area contributed by atoms with Crippen molar-refractivity contribution in [3.8, 4) is 0 Å². The predicted octanol–water partition coefficient (Wildman–Crippen LogP) is 2.53. The monoisotopic (exact) mass is 266 g/mol. The van der Waals surface area contributed by atoms with Gasteiger partial charge in [-0.3, -0.25) is 4.55 Å². The van der Waals surface area contributed by atoms with Crippen molar-refractivity contribution in [2.24, 2.45) is 0 Å². The van der Waals surface area contributed by atoms with Crippen molar-refractivity contribution in [3.63, 3.8) is 0 Å². The van der Waals surface area contributed by atoms with Gasteiger partial charge in [0.05, 0.1) is 4.90 Å². The first-order valence-electron chi connectivity index (χ1n) is 5.34. The summed E-state index contributed by atoms with van der Waals surface area (Å²) in [5.41, 5.74) is 1.86. The van der Waals surface area contributed by atoms with Gasteiger partial charge in [0.1, 0.15) is 0 Å². The summed E-state index contributed by atoms with van der Waals surface area (Å²) in [6, 6.07) is 5.06. The first-order chi connectivity index (χ1) is 7.21. The number of hydrogen-bond donors (Lipinski definition) is 1. The molecule has 0 amide bonds. The molecule has 0 aliphatic rings. The number of hydrogen-bond acceptors (Lipinski definition) is 2. The van der Waals surface area contributed by atoms with Gasteiger partial charge in [0.15, 0.2) is 0 Å². The van der Waals surface area contributed by atoms with E-state index in [4.69, 9.17) is 4.55 Å². The Morgan fingerprint density at radius 2 is 1.29 bits per heavy atom. The molecule has 92 valence electrons. The molecule has 0 heterocycles. The van der Waals surface area contributed by atoms with Gasteiger partial charge in [-0.05, 0) is 35.1 Å². The molecule has 0 saturated carbocycles. The summed E-state index contributed by atoms with van der Waals surface area (Å²) < 4.78 is 31.3. The molecule has 0 aromatic heterocycles. The topological polar surface area (TPSA) is 54.4 Å². The van der Waals surface area contributed by atoms with Crippen LogP contribution in [0.2, 0.25) is 0 Å². The van der Waals surface area contributed by atoms with Crippen LogP contribution in [-0.4, -0.2) is 42.5 Å². The van der Waals surface area contributed by atoms with E-state index in [-0.39, 0.29) is 46.3 Å². The van der Waals surface area contributed by atoms with Gasteiger partial charge in [-0.1, -0.05) is 33.8 Å². The molecule has 0 unspecified atom stereocenters. The van der Waals surface area contributed by atoms with Gasteiger partial charge in [0.25, 0.3) is 10.1 Å². The molecular weight excluding hydrogens is 247 g/mol. The van der Waals surface area contributed by atoms with Crippen molar-refractivity contribution in [3.05, 3.63) is 29.3 Å². The molecule has 5 heteroatoms. The Balaban J connectivity index is 0.00000256. The first-order valence-corrected chi connectivity index (χ1v) is 6.78. The number of benzene rings is 1. The Kier molecular flexibility index (Phi) is 6.39. The summed E-state index contributed by atoms with van der Waals surface area (Å²) in [7, 11) is -4.11. The van der Waals surface area contributed by atoms with Gasteiger partial charge >= 0.3 is 29.6 Å². The van der Waals surface area contributed by atoms with Crippen LogP contribution in [-0.2, 0) is 10.1 Å². The Labute approximate surface area is 126 Å². The Hall–Kier alpha value is 0.130. The van der Waals surface area contributed by atoms with Gasteiger partial charge in [-0.25, -0.2) is 0 Å². The van der Waals surface area contributed by atoms with Gasteiger partial charge in [-0.15, -0.1) is 0 Å². The second-order valence-corrected chi connectivity index (χ2v) is 6.04. The molecule has 0 aliphatic carbocycles. The predicted molar refractivity (Wildman–Crippen MR) is 71.6 cm³/mol. The molecule has 0 atom stereocenters. The second kappa shape index (κ2) is 6.34.